The van der Waals surface area contributed by atoms with Gasteiger partial charge < -0.3 is 15.3 Å². The summed E-state index contributed by atoms with van der Waals surface area (Å²) in [7, 11) is 1.78. The van der Waals surface area contributed by atoms with Crippen molar-refractivity contribution in [2.45, 2.75) is 19.9 Å². The minimum Gasteiger partial charge on any atom is -0.395 e. The first-order chi connectivity index (χ1) is 7.60. The minimum atomic E-state index is 0.101. The van der Waals surface area contributed by atoms with E-state index in [0.717, 1.165) is 10.3 Å². The highest BCUT2D eigenvalue weighted by Gasteiger charge is 2.15. The molecule has 0 atom stereocenters. The molecule has 0 spiro atoms. The fourth-order valence-electron chi connectivity index (χ4n) is 1.40. The molecule has 0 aromatic carbocycles. The number of nitrogens with zero attached hydrogens (tertiary/aromatic N) is 3. The Morgan fingerprint density at radius 1 is 1.56 bits per heavy atom. The molecule has 0 amide bonds. The van der Waals surface area contributed by atoms with Crippen molar-refractivity contribution in [1.82, 2.24) is 9.97 Å². The molecule has 0 aliphatic rings. The van der Waals surface area contributed by atoms with Crippen LogP contribution in [-0.4, -0.2) is 41.3 Å². The Kier molecular flexibility index (Phi) is 4.95. The molecule has 0 aliphatic heterocycles. The van der Waals surface area contributed by atoms with E-state index in [1.165, 1.54) is 0 Å². The number of aliphatic hydroxyl groups is 1. The van der Waals surface area contributed by atoms with Gasteiger partial charge in [-0.05, 0) is 29.8 Å². The van der Waals surface area contributed by atoms with E-state index < -0.39 is 0 Å². The Morgan fingerprint density at radius 2 is 2.25 bits per heavy atom. The molecule has 0 saturated heterocycles. The fraction of sp³-hybridized carbons (Fsp3) is 0.600. The van der Waals surface area contributed by atoms with Crippen LogP contribution in [0.2, 0.25) is 0 Å². The second-order valence-electron chi connectivity index (χ2n) is 3.63. The molecule has 0 unspecified atom stereocenters. The second-order valence-corrected chi connectivity index (χ2v) is 4.48. The maximum absolute atomic E-state index is 9.05. The molecule has 2 N–H and O–H groups in total. The van der Waals surface area contributed by atoms with E-state index in [9.17, 15) is 0 Å². The van der Waals surface area contributed by atoms with E-state index in [4.69, 9.17) is 5.11 Å². The van der Waals surface area contributed by atoms with Gasteiger partial charge in [-0.1, -0.05) is 0 Å². The summed E-state index contributed by atoms with van der Waals surface area (Å²) in [6, 6.07) is 0.267. The Morgan fingerprint density at radius 3 is 2.75 bits per heavy atom. The molecule has 5 nitrogen and oxygen atoms in total. The molecule has 1 rings (SSSR count). The molecule has 0 bridgehead atoms. The van der Waals surface area contributed by atoms with Gasteiger partial charge in [-0.3, -0.25) is 0 Å². The molecule has 1 aromatic rings. The first kappa shape index (κ1) is 13.2. The lowest BCUT2D eigenvalue weighted by Gasteiger charge is -2.27. The monoisotopic (exact) mass is 288 g/mol. The molecule has 90 valence electrons. The van der Waals surface area contributed by atoms with Crippen molar-refractivity contribution in [3.05, 3.63) is 10.7 Å². The van der Waals surface area contributed by atoms with Gasteiger partial charge in [0.15, 0.2) is 0 Å². The Balaban J connectivity index is 3.06. The summed E-state index contributed by atoms with van der Waals surface area (Å²) in [6.45, 7) is 4.77. The van der Waals surface area contributed by atoms with E-state index in [1.54, 1.807) is 13.2 Å². The number of aromatic nitrogens is 2. The zero-order chi connectivity index (χ0) is 12.1. The van der Waals surface area contributed by atoms with Crippen LogP contribution in [0.25, 0.3) is 0 Å². The molecule has 6 heteroatoms. The van der Waals surface area contributed by atoms with E-state index in [-0.39, 0.29) is 12.6 Å². The minimum absolute atomic E-state index is 0.101. The van der Waals surface area contributed by atoms with Crippen LogP contribution in [-0.2, 0) is 0 Å². The maximum atomic E-state index is 9.05. The summed E-state index contributed by atoms with van der Waals surface area (Å²) < 4.78 is 0.827. The van der Waals surface area contributed by atoms with Gasteiger partial charge in [-0.25, -0.2) is 4.98 Å². The maximum Gasteiger partial charge on any atom is 0.224 e. The van der Waals surface area contributed by atoms with Gasteiger partial charge in [0, 0.05) is 25.8 Å². The van der Waals surface area contributed by atoms with Crippen LogP contribution in [0.4, 0.5) is 11.8 Å². The highest BCUT2D eigenvalue weighted by molar-refractivity contribution is 9.10. The summed E-state index contributed by atoms with van der Waals surface area (Å²) in [5.74, 6) is 1.37. The van der Waals surface area contributed by atoms with Crippen molar-refractivity contribution in [3.63, 3.8) is 0 Å². The van der Waals surface area contributed by atoms with E-state index in [2.05, 4.69) is 45.1 Å². The smallest absolute Gasteiger partial charge is 0.224 e. The summed E-state index contributed by atoms with van der Waals surface area (Å²) in [6.07, 6.45) is 1.71. The van der Waals surface area contributed by atoms with E-state index in [1.807, 2.05) is 4.90 Å². The molecule has 1 heterocycles. The van der Waals surface area contributed by atoms with Gasteiger partial charge in [0.25, 0.3) is 0 Å². The Labute approximate surface area is 104 Å². The normalized spacial score (nSPS) is 10.6. The average molecular weight is 289 g/mol. The SMILES string of the molecule is CNc1ncc(Br)c(N(CCO)C(C)C)n1. The van der Waals surface area contributed by atoms with Crippen molar-refractivity contribution in [2.75, 3.05) is 30.4 Å². The molecule has 1 aromatic heterocycles. The zero-order valence-corrected chi connectivity index (χ0v) is 11.3. The van der Waals surface area contributed by atoms with E-state index >= 15 is 0 Å². The lowest BCUT2D eigenvalue weighted by atomic mass is 10.3. The lowest BCUT2D eigenvalue weighted by molar-refractivity contribution is 0.298. The fourth-order valence-corrected chi connectivity index (χ4v) is 1.82. The van der Waals surface area contributed by atoms with Crippen molar-refractivity contribution in [2.24, 2.45) is 0 Å². The number of rotatable bonds is 5. The molecule has 0 radical (unpaired) electrons. The molecule has 0 fully saturated rings. The van der Waals surface area contributed by atoms with Gasteiger partial charge >= 0.3 is 0 Å². The van der Waals surface area contributed by atoms with Crippen LogP contribution in [0.1, 0.15) is 13.8 Å². The van der Waals surface area contributed by atoms with Gasteiger partial charge in [-0.2, -0.15) is 4.98 Å². The number of hydrogen-bond acceptors (Lipinski definition) is 5. The molecular weight excluding hydrogens is 272 g/mol. The zero-order valence-electron chi connectivity index (χ0n) is 9.74. The third-order valence-corrected chi connectivity index (χ3v) is 2.74. The standard InChI is InChI=1S/C10H17BrN4O/c1-7(2)15(4-5-16)9-8(11)6-13-10(12-3)14-9/h6-7,16H,4-5H2,1-3H3,(H,12,13,14). The van der Waals surface area contributed by atoms with Gasteiger partial charge in [0.05, 0.1) is 11.1 Å². The van der Waals surface area contributed by atoms with Crippen LogP contribution >= 0.6 is 15.9 Å². The Bertz CT molecular complexity index is 346. The summed E-state index contributed by atoms with van der Waals surface area (Å²) in [5, 5.41) is 11.9. The average Bonchev–Trinajstić information content (AvgIpc) is 2.27. The first-order valence-corrected chi connectivity index (χ1v) is 5.97. The number of nitrogens with one attached hydrogen (secondary N) is 1. The molecular formula is C10H17BrN4O. The topological polar surface area (TPSA) is 61.3 Å². The number of hydrogen-bond donors (Lipinski definition) is 2. The first-order valence-electron chi connectivity index (χ1n) is 5.18. The summed E-state index contributed by atoms with van der Waals surface area (Å²) in [4.78, 5) is 10.5. The summed E-state index contributed by atoms with van der Waals surface area (Å²) in [5.41, 5.74) is 0. The lowest BCUT2D eigenvalue weighted by Crippen LogP contribution is -2.34. The third kappa shape index (κ3) is 3.05. The van der Waals surface area contributed by atoms with Crippen LogP contribution in [0.3, 0.4) is 0 Å². The van der Waals surface area contributed by atoms with Crippen molar-refractivity contribution >= 4 is 27.7 Å². The van der Waals surface area contributed by atoms with Crippen LogP contribution in [0.5, 0.6) is 0 Å². The largest absolute Gasteiger partial charge is 0.395 e. The molecule has 0 saturated carbocycles. The predicted molar refractivity (Wildman–Crippen MR) is 68.8 cm³/mol. The Hall–Kier alpha value is -0.880. The van der Waals surface area contributed by atoms with Gasteiger partial charge in [0.2, 0.25) is 5.95 Å². The summed E-state index contributed by atoms with van der Waals surface area (Å²) >= 11 is 3.42. The molecule has 0 aliphatic carbocycles. The number of anilines is 2. The highest BCUT2D eigenvalue weighted by Crippen LogP contribution is 2.25. The number of aliphatic hydroxyl groups excluding tert-OH is 1. The molecule has 16 heavy (non-hydrogen) atoms. The third-order valence-electron chi connectivity index (χ3n) is 2.19. The van der Waals surface area contributed by atoms with Gasteiger partial charge in [-0.15, -0.1) is 0 Å². The van der Waals surface area contributed by atoms with Crippen LogP contribution in [0.15, 0.2) is 10.7 Å². The second kappa shape index (κ2) is 6.00. The van der Waals surface area contributed by atoms with Gasteiger partial charge in [0.1, 0.15) is 5.82 Å². The number of halogens is 1. The van der Waals surface area contributed by atoms with Crippen molar-refractivity contribution in [3.8, 4) is 0 Å². The van der Waals surface area contributed by atoms with Crippen LogP contribution in [0, 0.1) is 0 Å². The van der Waals surface area contributed by atoms with E-state index in [0.29, 0.717) is 12.5 Å². The highest BCUT2D eigenvalue weighted by atomic mass is 79.9. The van der Waals surface area contributed by atoms with Crippen molar-refractivity contribution < 1.29 is 5.11 Å². The van der Waals surface area contributed by atoms with Crippen LogP contribution < -0.4 is 10.2 Å². The quantitative estimate of drug-likeness (QED) is 0.860. The predicted octanol–water partition coefficient (Wildman–Crippen LogP) is 1.49. The van der Waals surface area contributed by atoms with Crippen molar-refractivity contribution in [1.29, 1.82) is 0 Å².